The second-order valence-electron chi connectivity index (χ2n) is 6.93. The number of sulfonamides is 1. The fourth-order valence-electron chi connectivity index (χ4n) is 2.74. The lowest BCUT2D eigenvalue weighted by Gasteiger charge is -2.33. The second-order valence-corrected chi connectivity index (χ2v) is 8.87. The number of hydrogen-bond donors (Lipinski definition) is 2. The van der Waals surface area contributed by atoms with Gasteiger partial charge in [0.2, 0.25) is 15.9 Å². The van der Waals surface area contributed by atoms with Crippen molar-refractivity contribution < 1.29 is 17.9 Å². The molecule has 0 radical (unpaired) electrons. The van der Waals surface area contributed by atoms with E-state index in [4.69, 9.17) is 10.5 Å². The van der Waals surface area contributed by atoms with Gasteiger partial charge in [0, 0.05) is 31.1 Å². The number of nitrogens with one attached hydrogen (secondary N) is 1. The van der Waals surface area contributed by atoms with Crippen molar-refractivity contribution in [2.45, 2.75) is 37.1 Å². The maximum Gasteiger partial charge on any atom is 0.243 e. The number of carbonyl (C=O) groups is 1. The molecule has 9 heteroatoms. The van der Waals surface area contributed by atoms with E-state index in [-0.39, 0.29) is 29.1 Å². The zero-order valence-electron chi connectivity index (χ0n) is 15.4. The zero-order valence-corrected chi connectivity index (χ0v) is 17.0. The van der Waals surface area contributed by atoms with Crippen LogP contribution < -0.4 is 15.8 Å². The molecule has 0 aliphatic carbocycles. The summed E-state index contributed by atoms with van der Waals surface area (Å²) in [5.74, 6) is 0.363. The molecule has 1 aromatic carbocycles. The first-order valence-corrected chi connectivity index (χ1v) is 9.80. The molecule has 0 bridgehead atoms. The molecular weight excluding hydrogens is 378 g/mol. The first-order chi connectivity index (χ1) is 11.7. The van der Waals surface area contributed by atoms with Gasteiger partial charge in [-0.15, -0.1) is 12.4 Å². The summed E-state index contributed by atoms with van der Waals surface area (Å²) in [6, 6.07) is 6.33. The van der Waals surface area contributed by atoms with Crippen LogP contribution in [-0.4, -0.2) is 50.9 Å². The topological polar surface area (TPSA) is 102 Å². The average Bonchev–Trinajstić information content (AvgIpc) is 2.61. The number of hydrogen-bond acceptors (Lipinski definition) is 5. The minimum atomic E-state index is -3.55. The zero-order chi connectivity index (χ0) is 18.7. The highest BCUT2D eigenvalue weighted by molar-refractivity contribution is 7.89. The number of ether oxygens (including phenoxy) is 1. The highest BCUT2D eigenvalue weighted by Crippen LogP contribution is 2.25. The van der Waals surface area contributed by atoms with Crippen LogP contribution in [0.4, 0.5) is 0 Å². The van der Waals surface area contributed by atoms with Crippen molar-refractivity contribution in [2.24, 2.45) is 11.7 Å². The smallest absolute Gasteiger partial charge is 0.243 e. The Kier molecular flexibility index (Phi) is 7.88. The number of methoxy groups -OCH3 is 1. The van der Waals surface area contributed by atoms with Gasteiger partial charge < -0.3 is 15.8 Å². The van der Waals surface area contributed by atoms with Gasteiger partial charge in [0.15, 0.2) is 0 Å². The molecule has 3 N–H and O–H groups in total. The Labute approximate surface area is 161 Å². The number of halogens is 1. The second kappa shape index (κ2) is 9.03. The van der Waals surface area contributed by atoms with Crippen LogP contribution in [0.25, 0.3) is 0 Å². The molecule has 26 heavy (non-hydrogen) atoms. The lowest BCUT2D eigenvalue weighted by Crippen LogP contribution is -2.52. The minimum absolute atomic E-state index is 0. The SMILES string of the molecule is COc1ccc(S(=O)(=O)N2CCC(C(=O)NC(C)(C)CN)CC2)cc1.Cl. The number of nitrogens with zero attached hydrogens (tertiary/aromatic N) is 1. The average molecular weight is 406 g/mol. The summed E-state index contributed by atoms with van der Waals surface area (Å²) in [4.78, 5) is 12.6. The quantitative estimate of drug-likeness (QED) is 0.744. The maximum absolute atomic E-state index is 12.7. The Balaban J connectivity index is 0.00000338. The number of carbonyl (C=O) groups excluding carboxylic acids is 1. The molecule has 2 rings (SSSR count). The molecule has 1 aliphatic heterocycles. The van der Waals surface area contributed by atoms with Crippen molar-refractivity contribution in [3.05, 3.63) is 24.3 Å². The normalized spacial score (nSPS) is 16.6. The number of piperidine rings is 1. The predicted octanol–water partition coefficient (Wildman–Crippen LogP) is 1.37. The molecule has 0 unspecified atom stereocenters. The van der Waals surface area contributed by atoms with Crippen molar-refractivity contribution in [1.82, 2.24) is 9.62 Å². The molecule has 0 saturated carbocycles. The summed E-state index contributed by atoms with van der Waals surface area (Å²) in [6.45, 7) is 4.75. The van der Waals surface area contributed by atoms with Crippen LogP contribution >= 0.6 is 12.4 Å². The molecule has 7 nitrogen and oxygen atoms in total. The fourth-order valence-corrected chi connectivity index (χ4v) is 4.21. The highest BCUT2D eigenvalue weighted by atomic mass is 35.5. The largest absolute Gasteiger partial charge is 0.497 e. The molecule has 1 heterocycles. The first-order valence-electron chi connectivity index (χ1n) is 8.36. The molecule has 1 fully saturated rings. The van der Waals surface area contributed by atoms with Crippen molar-refractivity contribution in [3.8, 4) is 5.75 Å². The summed E-state index contributed by atoms with van der Waals surface area (Å²) in [7, 11) is -2.02. The van der Waals surface area contributed by atoms with Crippen LogP contribution in [0.15, 0.2) is 29.2 Å². The number of benzene rings is 1. The Morgan fingerprint density at radius 3 is 2.27 bits per heavy atom. The van der Waals surface area contributed by atoms with E-state index in [0.29, 0.717) is 38.2 Å². The standard InChI is InChI=1S/C17H27N3O4S.ClH/c1-17(2,12-18)19-16(21)13-8-10-20(11-9-13)25(22,23)15-6-4-14(24-3)5-7-15;/h4-7,13H,8-12,18H2,1-3H3,(H,19,21);1H. The summed E-state index contributed by atoms with van der Waals surface area (Å²) in [5, 5.41) is 2.93. The van der Waals surface area contributed by atoms with E-state index in [9.17, 15) is 13.2 Å². The number of nitrogens with two attached hydrogens (primary N) is 1. The van der Waals surface area contributed by atoms with E-state index in [2.05, 4.69) is 5.32 Å². The minimum Gasteiger partial charge on any atom is -0.497 e. The molecule has 1 saturated heterocycles. The van der Waals surface area contributed by atoms with Crippen molar-refractivity contribution in [1.29, 1.82) is 0 Å². The van der Waals surface area contributed by atoms with Gasteiger partial charge >= 0.3 is 0 Å². The van der Waals surface area contributed by atoms with Crippen LogP contribution in [-0.2, 0) is 14.8 Å². The van der Waals surface area contributed by atoms with Gasteiger partial charge in [0.05, 0.1) is 12.0 Å². The van der Waals surface area contributed by atoms with Gasteiger partial charge in [-0.25, -0.2) is 8.42 Å². The third-order valence-electron chi connectivity index (χ3n) is 4.49. The van der Waals surface area contributed by atoms with Crippen LogP contribution in [0.1, 0.15) is 26.7 Å². The summed E-state index contributed by atoms with van der Waals surface area (Å²) in [5.41, 5.74) is 5.18. The maximum atomic E-state index is 12.7. The summed E-state index contributed by atoms with van der Waals surface area (Å²) < 4.78 is 31.9. The Hall–Kier alpha value is -1.35. The van der Waals surface area contributed by atoms with E-state index in [0.717, 1.165) is 0 Å². The van der Waals surface area contributed by atoms with Crippen molar-refractivity contribution in [3.63, 3.8) is 0 Å². The van der Waals surface area contributed by atoms with Gasteiger partial charge in [-0.2, -0.15) is 4.31 Å². The Morgan fingerprint density at radius 1 is 1.27 bits per heavy atom. The van der Waals surface area contributed by atoms with Gasteiger partial charge in [-0.05, 0) is 51.0 Å². The monoisotopic (exact) mass is 405 g/mol. The van der Waals surface area contributed by atoms with Gasteiger partial charge in [0.25, 0.3) is 0 Å². The molecule has 0 spiro atoms. The third kappa shape index (κ3) is 5.33. The number of amides is 1. The van der Waals surface area contributed by atoms with Crippen molar-refractivity contribution >= 4 is 28.3 Å². The van der Waals surface area contributed by atoms with E-state index in [1.807, 2.05) is 13.8 Å². The molecule has 1 aliphatic rings. The molecule has 148 valence electrons. The van der Waals surface area contributed by atoms with E-state index >= 15 is 0 Å². The molecule has 0 aromatic heterocycles. The van der Waals surface area contributed by atoms with Crippen LogP contribution in [0, 0.1) is 5.92 Å². The van der Waals surface area contributed by atoms with Crippen molar-refractivity contribution in [2.75, 3.05) is 26.7 Å². The first kappa shape index (κ1) is 22.7. The predicted molar refractivity (Wildman–Crippen MR) is 103 cm³/mol. The molecule has 1 amide bonds. The molecule has 1 aromatic rings. The Bertz CT molecular complexity index is 699. The van der Waals surface area contributed by atoms with Gasteiger partial charge in [-0.1, -0.05) is 0 Å². The van der Waals surface area contributed by atoms with E-state index in [1.165, 1.54) is 23.5 Å². The van der Waals surface area contributed by atoms with Crippen LogP contribution in [0.2, 0.25) is 0 Å². The lowest BCUT2D eigenvalue weighted by molar-refractivity contribution is -0.127. The van der Waals surface area contributed by atoms with Crippen LogP contribution in [0.5, 0.6) is 5.75 Å². The highest BCUT2D eigenvalue weighted by Gasteiger charge is 2.33. The lowest BCUT2D eigenvalue weighted by atomic mass is 9.95. The van der Waals surface area contributed by atoms with Gasteiger partial charge in [-0.3, -0.25) is 4.79 Å². The summed E-state index contributed by atoms with van der Waals surface area (Å²) in [6.07, 6.45) is 1.00. The van der Waals surface area contributed by atoms with Crippen LogP contribution in [0.3, 0.4) is 0 Å². The molecule has 0 atom stereocenters. The molecular formula is C17H28ClN3O4S. The number of rotatable bonds is 6. The fraction of sp³-hybridized carbons (Fsp3) is 0.588. The third-order valence-corrected chi connectivity index (χ3v) is 6.41. The Morgan fingerprint density at radius 2 is 1.81 bits per heavy atom. The van der Waals surface area contributed by atoms with E-state index < -0.39 is 15.6 Å². The van der Waals surface area contributed by atoms with Gasteiger partial charge in [0.1, 0.15) is 5.75 Å². The van der Waals surface area contributed by atoms with E-state index in [1.54, 1.807) is 12.1 Å². The summed E-state index contributed by atoms with van der Waals surface area (Å²) >= 11 is 0.